The molecule has 1 aliphatic rings. The summed E-state index contributed by atoms with van der Waals surface area (Å²) in [5, 5.41) is 4.69. The first-order chi connectivity index (χ1) is 13.1. The van der Waals surface area contributed by atoms with Crippen LogP contribution in [-0.4, -0.2) is 16.8 Å². The van der Waals surface area contributed by atoms with E-state index >= 15 is 0 Å². The zero-order valence-corrected chi connectivity index (χ0v) is 15.8. The molecule has 1 aliphatic heterocycles. The Hall–Kier alpha value is -3.12. The molecule has 27 heavy (non-hydrogen) atoms. The van der Waals surface area contributed by atoms with Gasteiger partial charge in [-0.25, -0.2) is 5.01 Å². The minimum absolute atomic E-state index is 0.275. The average Bonchev–Trinajstić information content (AvgIpc) is 2.71. The van der Waals surface area contributed by atoms with Gasteiger partial charge < -0.3 is 5.32 Å². The van der Waals surface area contributed by atoms with Gasteiger partial charge in [0.25, 0.3) is 11.8 Å². The molecule has 1 heterocycles. The number of rotatable bonds is 3. The lowest BCUT2D eigenvalue weighted by Gasteiger charge is -2.37. The van der Waals surface area contributed by atoms with Gasteiger partial charge in [0.05, 0.1) is 5.56 Å². The fourth-order valence-corrected chi connectivity index (χ4v) is 3.39. The van der Waals surface area contributed by atoms with Crippen molar-refractivity contribution in [3.05, 3.63) is 100 Å². The Morgan fingerprint density at radius 3 is 2.33 bits per heavy atom. The number of halogens is 1. The van der Waals surface area contributed by atoms with Crippen molar-refractivity contribution in [3.63, 3.8) is 0 Å². The number of nitrogens with one attached hydrogen (secondary N) is 2. The monoisotopic (exact) mass is 421 g/mol. The van der Waals surface area contributed by atoms with Crippen LogP contribution in [0.1, 0.15) is 32.4 Å². The summed E-state index contributed by atoms with van der Waals surface area (Å²) in [5.74, 6) is -0.617. The van der Waals surface area contributed by atoms with Gasteiger partial charge in [0.15, 0.2) is 0 Å². The van der Waals surface area contributed by atoms with Crippen LogP contribution < -0.4 is 10.7 Å². The van der Waals surface area contributed by atoms with Crippen LogP contribution in [0.4, 0.5) is 5.69 Å². The summed E-state index contributed by atoms with van der Waals surface area (Å²) in [6.07, 6.45) is -0.514. The van der Waals surface area contributed by atoms with Crippen LogP contribution in [0.5, 0.6) is 0 Å². The van der Waals surface area contributed by atoms with Gasteiger partial charge in [0.1, 0.15) is 6.17 Å². The van der Waals surface area contributed by atoms with Crippen molar-refractivity contribution < 1.29 is 9.59 Å². The summed E-state index contributed by atoms with van der Waals surface area (Å²) in [6, 6.07) is 23.8. The standard InChI is InChI=1S/C21H16BrN3O2/c22-16-11-12-18-17(13-16)21(27)25(19(23-18)14-7-3-1-4-8-14)24-20(26)15-9-5-2-6-10-15/h1-13,19,23H,(H,24,26). The van der Waals surface area contributed by atoms with Crippen LogP contribution in [0.25, 0.3) is 0 Å². The summed E-state index contributed by atoms with van der Waals surface area (Å²) in [6.45, 7) is 0. The normalized spacial score (nSPS) is 15.7. The Morgan fingerprint density at radius 1 is 0.963 bits per heavy atom. The largest absolute Gasteiger partial charge is 0.359 e. The highest BCUT2D eigenvalue weighted by molar-refractivity contribution is 9.10. The number of amides is 2. The summed E-state index contributed by atoms with van der Waals surface area (Å²) >= 11 is 3.40. The number of carbonyl (C=O) groups excluding carboxylic acids is 2. The number of hydrogen-bond acceptors (Lipinski definition) is 3. The Labute approximate surface area is 165 Å². The number of benzene rings is 3. The minimum atomic E-state index is -0.514. The number of hydrogen-bond donors (Lipinski definition) is 2. The summed E-state index contributed by atoms with van der Waals surface area (Å²) in [4.78, 5) is 25.8. The number of hydrazine groups is 1. The van der Waals surface area contributed by atoms with E-state index < -0.39 is 6.17 Å². The Kier molecular flexibility index (Phi) is 4.64. The van der Waals surface area contributed by atoms with Crippen molar-refractivity contribution in [1.82, 2.24) is 10.4 Å². The van der Waals surface area contributed by atoms with Crippen molar-refractivity contribution in [3.8, 4) is 0 Å². The molecule has 4 rings (SSSR count). The SMILES string of the molecule is O=C(NN1C(=O)c2cc(Br)ccc2NC1c1ccccc1)c1ccccc1. The van der Waals surface area contributed by atoms with Crippen molar-refractivity contribution in [2.75, 3.05) is 5.32 Å². The molecule has 2 amide bonds. The number of anilines is 1. The molecule has 0 saturated carbocycles. The molecule has 0 saturated heterocycles. The first-order valence-electron chi connectivity index (χ1n) is 8.44. The summed E-state index contributed by atoms with van der Waals surface area (Å²) in [5.41, 5.74) is 5.33. The lowest BCUT2D eigenvalue weighted by atomic mass is 10.0. The second kappa shape index (κ2) is 7.25. The molecule has 0 bridgehead atoms. The predicted octanol–water partition coefficient (Wildman–Crippen LogP) is 4.36. The molecule has 0 aliphatic carbocycles. The molecule has 0 spiro atoms. The van der Waals surface area contributed by atoms with Gasteiger partial charge >= 0.3 is 0 Å². The molecular formula is C21H16BrN3O2. The highest BCUT2D eigenvalue weighted by Crippen LogP contribution is 2.33. The number of carbonyl (C=O) groups is 2. The van der Waals surface area contributed by atoms with Crippen LogP contribution in [0.2, 0.25) is 0 Å². The maximum Gasteiger partial charge on any atom is 0.276 e. The molecule has 0 aromatic heterocycles. The van der Waals surface area contributed by atoms with E-state index in [1.54, 1.807) is 30.3 Å². The third-order valence-electron chi connectivity index (χ3n) is 4.35. The van der Waals surface area contributed by atoms with Gasteiger partial charge in [0, 0.05) is 15.7 Å². The van der Waals surface area contributed by atoms with Crippen molar-refractivity contribution in [2.45, 2.75) is 6.17 Å². The van der Waals surface area contributed by atoms with E-state index in [-0.39, 0.29) is 11.8 Å². The van der Waals surface area contributed by atoms with Gasteiger partial charge in [0.2, 0.25) is 0 Å². The summed E-state index contributed by atoms with van der Waals surface area (Å²) in [7, 11) is 0. The first-order valence-corrected chi connectivity index (χ1v) is 9.23. The van der Waals surface area contributed by atoms with E-state index in [0.717, 1.165) is 15.7 Å². The summed E-state index contributed by atoms with van der Waals surface area (Å²) < 4.78 is 0.795. The second-order valence-electron chi connectivity index (χ2n) is 6.13. The first kappa shape index (κ1) is 17.3. The zero-order chi connectivity index (χ0) is 18.8. The third-order valence-corrected chi connectivity index (χ3v) is 4.85. The Morgan fingerprint density at radius 2 is 1.63 bits per heavy atom. The quantitative estimate of drug-likeness (QED) is 0.660. The van der Waals surface area contributed by atoms with Crippen molar-refractivity contribution >= 4 is 33.4 Å². The van der Waals surface area contributed by atoms with Crippen LogP contribution >= 0.6 is 15.9 Å². The lowest BCUT2D eigenvalue weighted by Crippen LogP contribution is -2.52. The van der Waals surface area contributed by atoms with Crippen LogP contribution in [0.3, 0.4) is 0 Å². The van der Waals surface area contributed by atoms with Gasteiger partial charge in [-0.15, -0.1) is 0 Å². The molecule has 0 radical (unpaired) electrons. The van der Waals surface area contributed by atoms with Gasteiger partial charge in [-0.05, 0) is 35.9 Å². The van der Waals surface area contributed by atoms with Crippen LogP contribution in [-0.2, 0) is 0 Å². The molecule has 3 aromatic rings. The van der Waals surface area contributed by atoms with Gasteiger partial charge in [-0.2, -0.15) is 0 Å². The van der Waals surface area contributed by atoms with E-state index in [9.17, 15) is 9.59 Å². The second-order valence-corrected chi connectivity index (χ2v) is 7.05. The van der Waals surface area contributed by atoms with E-state index in [1.165, 1.54) is 5.01 Å². The molecular weight excluding hydrogens is 406 g/mol. The van der Waals surface area contributed by atoms with Crippen LogP contribution in [0, 0.1) is 0 Å². The maximum absolute atomic E-state index is 13.2. The van der Waals surface area contributed by atoms with Gasteiger partial charge in [-0.1, -0.05) is 64.5 Å². The Balaban J connectivity index is 1.73. The fraction of sp³-hybridized carbons (Fsp3) is 0.0476. The molecule has 2 N–H and O–H groups in total. The van der Waals surface area contributed by atoms with E-state index in [4.69, 9.17) is 0 Å². The fourth-order valence-electron chi connectivity index (χ4n) is 3.02. The topological polar surface area (TPSA) is 61.4 Å². The molecule has 6 heteroatoms. The highest BCUT2D eigenvalue weighted by Gasteiger charge is 2.34. The van der Waals surface area contributed by atoms with Gasteiger partial charge in [-0.3, -0.25) is 15.0 Å². The molecule has 134 valence electrons. The molecule has 5 nitrogen and oxygen atoms in total. The lowest BCUT2D eigenvalue weighted by molar-refractivity contribution is 0.0491. The minimum Gasteiger partial charge on any atom is -0.359 e. The smallest absolute Gasteiger partial charge is 0.276 e. The van der Waals surface area contributed by atoms with Crippen molar-refractivity contribution in [2.24, 2.45) is 0 Å². The third kappa shape index (κ3) is 3.44. The number of fused-ring (bicyclic) bond motifs is 1. The molecule has 0 fully saturated rings. The van der Waals surface area contributed by atoms with E-state index in [1.807, 2.05) is 48.5 Å². The Bertz CT molecular complexity index is 993. The number of nitrogens with zero attached hydrogens (tertiary/aromatic N) is 1. The van der Waals surface area contributed by atoms with E-state index in [2.05, 4.69) is 26.7 Å². The highest BCUT2D eigenvalue weighted by atomic mass is 79.9. The van der Waals surface area contributed by atoms with Crippen molar-refractivity contribution in [1.29, 1.82) is 0 Å². The molecule has 1 unspecified atom stereocenters. The predicted molar refractivity (Wildman–Crippen MR) is 107 cm³/mol. The maximum atomic E-state index is 13.2. The molecule has 3 aromatic carbocycles. The molecule has 1 atom stereocenters. The average molecular weight is 422 g/mol. The van der Waals surface area contributed by atoms with E-state index in [0.29, 0.717) is 11.1 Å². The van der Waals surface area contributed by atoms with Crippen LogP contribution in [0.15, 0.2) is 83.3 Å². The zero-order valence-electron chi connectivity index (χ0n) is 14.2.